The van der Waals surface area contributed by atoms with Crippen LogP contribution in [0.1, 0.15) is 18.4 Å². The first-order chi connectivity index (χ1) is 13.1. The molecule has 2 saturated heterocycles. The van der Waals surface area contributed by atoms with E-state index in [4.69, 9.17) is 4.74 Å². The van der Waals surface area contributed by atoms with Gasteiger partial charge < -0.3 is 19.9 Å². The van der Waals surface area contributed by atoms with Crippen LogP contribution in [0.2, 0.25) is 0 Å². The highest BCUT2D eigenvalue weighted by molar-refractivity contribution is 14.0. The zero-order valence-corrected chi connectivity index (χ0v) is 18.3. The zero-order valence-electron chi connectivity index (χ0n) is 16.0. The molecule has 0 saturated carbocycles. The van der Waals surface area contributed by atoms with Crippen LogP contribution in [0.3, 0.4) is 0 Å². The van der Waals surface area contributed by atoms with E-state index in [-0.39, 0.29) is 36.0 Å². The van der Waals surface area contributed by atoms with Gasteiger partial charge in [-0.15, -0.1) is 24.0 Å². The number of nitrogens with one attached hydrogen (secondary N) is 1. The average Bonchev–Trinajstić information content (AvgIpc) is 3.19. The summed E-state index contributed by atoms with van der Waals surface area (Å²) in [6, 6.07) is 3.54. The third-order valence-corrected chi connectivity index (χ3v) is 4.93. The molecular formula is C19H27F2IN4O2. The molecule has 2 fully saturated rings. The first-order valence-electron chi connectivity index (χ1n) is 9.38. The topological polar surface area (TPSA) is 57.2 Å². The van der Waals surface area contributed by atoms with Gasteiger partial charge in [-0.25, -0.2) is 8.78 Å². The van der Waals surface area contributed by atoms with Crippen molar-refractivity contribution in [2.24, 2.45) is 4.99 Å². The van der Waals surface area contributed by atoms with Gasteiger partial charge >= 0.3 is 0 Å². The lowest BCUT2D eigenvalue weighted by molar-refractivity contribution is -0.142. The molecule has 0 aliphatic carbocycles. The molecule has 1 unspecified atom stereocenters. The van der Waals surface area contributed by atoms with E-state index in [0.717, 1.165) is 24.9 Å². The van der Waals surface area contributed by atoms with Crippen LogP contribution in [0.25, 0.3) is 0 Å². The Morgan fingerprint density at radius 2 is 1.82 bits per heavy atom. The van der Waals surface area contributed by atoms with Crippen LogP contribution in [0.15, 0.2) is 23.2 Å². The van der Waals surface area contributed by atoms with Crippen LogP contribution in [0.5, 0.6) is 0 Å². The monoisotopic (exact) mass is 508 g/mol. The molecule has 0 bridgehead atoms. The molecule has 1 aromatic carbocycles. The number of carbonyl (C=O) groups is 1. The summed E-state index contributed by atoms with van der Waals surface area (Å²) in [7, 11) is 1.70. The molecule has 9 heteroatoms. The Kier molecular flexibility index (Phi) is 8.87. The van der Waals surface area contributed by atoms with Crippen molar-refractivity contribution < 1.29 is 18.3 Å². The molecule has 1 aromatic rings. The molecule has 2 aliphatic heterocycles. The van der Waals surface area contributed by atoms with E-state index in [9.17, 15) is 13.6 Å². The molecule has 156 valence electrons. The summed E-state index contributed by atoms with van der Waals surface area (Å²) in [5.41, 5.74) is 0.599. The second-order valence-corrected chi connectivity index (χ2v) is 6.82. The highest BCUT2D eigenvalue weighted by atomic mass is 127. The van der Waals surface area contributed by atoms with E-state index in [1.807, 2.05) is 4.90 Å². The maximum Gasteiger partial charge on any atom is 0.251 e. The van der Waals surface area contributed by atoms with Crippen LogP contribution in [0, 0.1) is 11.6 Å². The molecule has 2 aliphatic rings. The summed E-state index contributed by atoms with van der Waals surface area (Å²) >= 11 is 0. The molecule has 0 spiro atoms. The Morgan fingerprint density at radius 1 is 1.18 bits per heavy atom. The number of amides is 1. The molecule has 1 N–H and O–H groups in total. The number of ether oxygens (including phenoxy) is 1. The molecule has 0 aromatic heterocycles. The number of hydrogen-bond acceptors (Lipinski definition) is 3. The van der Waals surface area contributed by atoms with E-state index < -0.39 is 11.6 Å². The number of halogens is 3. The average molecular weight is 508 g/mol. The van der Waals surface area contributed by atoms with Crippen molar-refractivity contribution in [3.63, 3.8) is 0 Å². The van der Waals surface area contributed by atoms with Crippen LogP contribution in [-0.4, -0.2) is 74.1 Å². The van der Waals surface area contributed by atoms with Gasteiger partial charge in [0.2, 0.25) is 0 Å². The summed E-state index contributed by atoms with van der Waals surface area (Å²) < 4.78 is 32.0. The minimum atomic E-state index is -0.568. The molecular weight excluding hydrogens is 481 g/mol. The lowest BCUT2D eigenvalue weighted by atomic mass is 10.1. The fraction of sp³-hybridized carbons (Fsp3) is 0.579. The first-order valence-corrected chi connectivity index (χ1v) is 9.38. The normalized spacial score (nSPS) is 20.1. The Balaban J connectivity index is 0.00000280. The Labute approximate surface area is 181 Å². The summed E-state index contributed by atoms with van der Waals surface area (Å²) in [4.78, 5) is 20.6. The van der Waals surface area contributed by atoms with E-state index in [0.29, 0.717) is 51.3 Å². The maximum atomic E-state index is 13.3. The van der Waals surface area contributed by atoms with Gasteiger partial charge in [0.15, 0.2) is 5.96 Å². The fourth-order valence-corrected chi connectivity index (χ4v) is 3.52. The second-order valence-electron chi connectivity index (χ2n) is 6.82. The lowest BCUT2D eigenvalue weighted by Crippen LogP contribution is -2.55. The molecule has 28 heavy (non-hydrogen) atoms. The smallest absolute Gasteiger partial charge is 0.251 e. The van der Waals surface area contributed by atoms with Gasteiger partial charge in [0.1, 0.15) is 17.7 Å². The van der Waals surface area contributed by atoms with Crippen molar-refractivity contribution in [3.8, 4) is 0 Å². The van der Waals surface area contributed by atoms with Crippen LogP contribution < -0.4 is 5.32 Å². The van der Waals surface area contributed by atoms with Gasteiger partial charge in [-0.1, -0.05) is 0 Å². The number of nitrogens with zero attached hydrogens (tertiary/aromatic N) is 3. The minimum Gasteiger partial charge on any atom is -0.368 e. The highest BCUT2D eigenvalue weighted by Gasteiger charge is 2.30. The predicted octanol–water partition coefficient (Wildman–Crippen LogP) is 2.02. The molecule has 0 radical (unpaired) electrons. The van der Waals surface area contributed by atoms with Gasteiger partial charge in [0, 0.05) is 52.4 Å². The molecule has 1 amide bonds. The van der Waals surface area contributed by atoms with Crippen molar-refractivity contribution in [2.45, 2.75) is 25.4 Å². The van der Waals surface area contributed by atoms with Crippen LogP contribution in [-0.2, 0) is 16.0 Å². The molecule has 6 nitrogen and oxygen atoms in total. The Bertz CT molecular complexity index is 670. The van der Waals surface area contributed by atoms with Gasteiger partial charge in [-0.05, 0) is 37.0 Å². The maximum absolute atomic E-state index is 13.3. The largest absolute Gasteiger partial charge is 0.368 e. The molecule has 3 rings (SSSR count). The van der Waals surface area contributed by atoms with Crippen molar-refractivity contribution in [1.29, 1.82) is 0 Å². The zero-order chi connectivity index (χ0) is 19.2. The molecule has 2 heterocycles. The second kappa shape index (κ2) is 10.9. The Morgan fingerprint density at radius 3 is 2.39 bits per heavy atom. The molecule has 1 atom stereocenters. The van der Waals surface area contributed by atoms with Gasteiger partial charge in [-0.3, -0.25) is 9.79 Å². The van der Waals surface area contributed by atoms with Crippen LogP contribution >= 0.6 is 24.0 Å². The van der Waals surface area contributed by atoms with Gasteiger partial charge in [0.25, 0.3) is 5.91 Å². The van der Waals surface area contributed by atoms with Crippen molar-refractivity contribution in [1.82, 2.24) is 15.1 Å². The summed E-state index contributed by atoms with van der Waals surface area (Å²) in [5.74, 6) is -0.317. The van der Waals surface area contributed by atoms with E-state index in [1.165, 1.54) is 12.1 Å². The van der Waals surface area contributed by atoms with Crippen molar-refractivity contribution >= 4 is 35.8 Å². The minimum absolute atomic E-state index is 0. The number of rotatable bonds is 4. The van der Waals surface area contributed by atoms with Crippen LogP contribution in [0.4, 0.5) is 8.78 Å². The fourth-order valence-electron chi connectivity index (χ4n) is 3.52. The van der Waals surface area contributed by atoms with Gasteiger partial charge in [-0.2, -0.15) is 0 Å². The highest BCUT2D eigenvalue weighted by Crippen LogP contribution is 2.16. The third-order valence-electron chi connectivity index (χ3n) is 4.93. The number of carbonyl (C=O) groups excluding carboxylic acids is 1. The van der Waals surface area contributed by atoms with E-state index in [1.54, 1.807) is 7.05 Å². The first kappa shape index (κ1) is 22.8. The summed E-state index contributed by atoms with van der Waals surface area (Å²) in [5, 5.41) is 3.23. The third kappa shape index (κ3) is 6.00. The van der Waals surface area contributed by atoms with Crippen molar-refractivity contribution in [2.75, 3.05) is 46.4 Å². The van der Waals surface area contributed by atoms with Gasteiger partial charge in [0.05, 0.1) is 0 Å². The SMILES string of the molecule is CN=C(NCCc1cc(F)cc(F)c1)N1CCN(C(=O)C2CCCO2)CC1.I. The summed E-state index contributed by atoms with van der Waals surface area (Å²) in [6.07, 6.45) is 1.97. The van der Waals surface area contributed by atoms with E-state index in [2.05, 4.69) is 15.2 Å². The number of guanidine groups is 1. The number of benzene rings is 1. The van der Waals surface area contributed by atoms with E-state index >= 15 is 0 Å². The number of hydrogen-bond donors (Lipinski definition) is 1. The number of aliphatic imine (C=N–C) groups is 1. The number of piperazine rings is 1. The van der Waals surface area contributed by atoms with Crippen molar-refractivity contribution in [3.05, 3.63) is 35.4 Å². The summed E-state index contributed by atoms with van der Waals surface area (Å²) in [6.45, 7) is 3.83. The standard InChI is InChI=1S/C19H26F2N4O2.HI/c1-22-19(23-5-4-14-11-15(20)13-16(21)12-14)25-8-6-24(7-9-25)18(26)17-3-2-10-27-17;/h11-13,17H,2-10H2,1H3,(H,22,23);1H. The predicted molar refractivity (Wildman–Crippen MR) is 114 cm³/mol. The quantitative estimate of drug-likeness (QED) is 0.385. The Hall–Kier alpha value is -1.49. The lowest BCUT2D eigenvalue weighted by Gasteiger charge is -2.37.